The maximum Gasteiger partial charge on any atom is 0.472 e. The Morgan fingerprint density at radius 1 is 1.00 bits per heavy atom. The largest absolute Gasteiger partial charge is 0.472 e. The number of nitriles is 1. The highest BCUT2D eigenvalue weighted by atomic mass is 31.2. The predicted molar refractivity (Wildman–Crippen MR) is 219 cm³/mol. The van der Waals surface area contributed by atoms with Gasteiger partial charge in [0.2, 0.25) is 0 Å². The lowest BCUT2D eigenvalue weighted by atomic mass is 9.99. The zero-order valence-electron chi connectivity index (χ0n) is 34.6. The number of aliphatic hydroxyl groups is 2. The molecule has 17 heteroatoms. The van der Waals surface area contributed by atoms with Gasteiger partial charge in [-0.2, -0.15) is 10.4 Å². The first-order valence-corrected chi connectivity index (χ1v) is 22.9. The van der Waals surface area contributed by atoms with Crippen molar-refractivity contribution in [2.24, 2.45) is 0 Å². The summed E-state index contributed by atoms with van der Waals surface area (Å²) >= 11 is 0. The molecule has 1 aliphatic heterocycles. The van der Waals surface area contributed by atoms with Gasteiger partial charge in [-0.3, -0.25) is 14.4 Å². The molecule has 6 N–H and O–H groups in total. The topological polar surface area (TPSA) is 216 Å². The highest BCUT2D eigenvalue weighted by Gasteiger charge is 2.75. The minimum atomic E-state index is -4.80. The van der Waals surface area contributed by atoms with E-state index in [1.54, 1.807) is 12.1 Å². The van der Waals surface area contributed by atoms with Crippen LogP contribution >= 0.6 is 7.82 Å². The summed E-state index contributed by atoms with van der Waals surface area (Å²) in [6.45, 7) is 2.06. The average molecular weight is 847 g/mol. The Bertz CT molecular complexity index is 1850. The molecule has 3 heterocycles. The quantitative estimate of drug-likeness (QED) is 0.0353. The normalized spacial score (nSPS) is 24.1. The zero-order chi connectivity index (χ0) is 42.3. The Morgan fingerprint density at radius 2 is 1.64 bits per heavy atom. The van der Waals surface area contributed by atoms with Gasteiger partial charge in [0.15, 0.2) is 11.5 Å². The van der Waals surface area contributed by atoms with Gasteiger partial charge in [0, 0.05) is 18.6 Å². The summed E-state index contributed by atoms with van der Waals surface area (Å²) in [6, 6.07) is 9.19. The molecule has 2 fully saturated rings. The first-order chi connectivity index (χ1) is 28.5. The number of halogens is 1. The first kappa shape index (κ1) is 47.0. The molecule has 1 unspecified atom stereocenters. The number of fused-ring (bicyclic) bond motifs is 1. The number of nitrogens with zero attached hydrogens (tertiary/aromatic N) is 4. The fraction of sp³-hybridized carbons (Fsp3) is 0.690. The molecule has 0 bridgehead atoms. The molecule has 328 valence electrons. The van der Waals surface area contributed by atoms with E-state index in [1.165, 1.54) is 113 Å². The lowest BCUT2D eigenvalue weighted by Crippen LogP contribution is -2.51. The van der Waals surface area contributed by atoms with Gasteiger partial charge in [0.05, 0.1) is 37.1 Å². The van der Waals surface area contributed by atoms with Crippen molar-refractivity contribution in [1.29, 1.82) is 5.26 Å². The van der Waals surface area contributed by atoms with Crippen LogP contribution in [-0.2, 0) is 40.2 Å². The highest BCUT2D eigenvalue weighted by molar-refractivity contribution is 7.47. The smallest absolute Gasteiger partial charge is 0.387 e. The fourth-order valence-corrected chi connectivity index (χ4v) is 8.86. The Kier molecular flexibility index (Phi) is 18.1. The van der Waals surface area contributed by atoms with E-state index in [1.807, 2.05) is 6.07 Å². The maximum absolute atomic E-state index is 14.6. The second kappa shape index (κ2) is 22.7. The van der Waals surface area contributed by atoms with Crippen LogP contribution in [0.1, 0.15) is 133 Å². The number of aliphatic hydroxyl groups excluding tert-OH is 2. The van der Waals surface area contributed by atoms with E-state index in [9.17, 15) is 24.1 Å². The molecule has 15 nitrogen and oxygen atoms in total. The number of hydrogen-bond acceptors (Lipinski definition) is 13. The second-order valence-corrected chi connectivity index (χ2v) is 17.3. The van der Waals surface area contributed by atoms with Crippen molar-refractivity contribution in [2.75, 3.05) is 32.6 Å². The third-order valence-corrected chi connectivity index (χ3v) is 12.5. The van der Waals surface area contributed by atoms with Gasteiger partial charge in [0.1, 0.15) is 47.7 Å². The fourth-order valence-electron chi connectivity index (χ4n) is 7.87. The van der Waals surface area contributed by atoms with E-state index in [4.69, 9.17) is 34.3 Å². The second-order valence-electron chi connectivity index (χ2n) is 15.9. The highest BCUT2D eigenvalue weighted by Crippen LogP contribution is 2.61. The molecule has 0 amide bonds. The van der Waals surface area contributed by atoms with Crippen molar-refractivity contribution in [1.82, 2.24) is 19.9 Å². The van der Waals surface area contributed by atoms with Crippen molar-refractivity contribution >= 4 is 19.2 Å². The van der Waals surface area contributed by atoms with Gasteiger partial charge in [-0.1, -0.05) is 109 Å². The Hall–Kier alpha value is -3.07. The summed E-state index contributed by atoms with van der Waals surface area (Å²) in [5, 5.41) is 38.8. The Balaban J connectivity index is 1.06. The molecular weight excluding hydrogens is 782 g/mol. The molecule has 3 aromatic rings. The van der Waals surface area contributed by atoms with Crippen LogP contribution in [0, 0.1) is 17.1 Å². The molecule has 1 saturated heterocycles. The number of phosphoric acid groups is 1. The van der Waals surface area contributed by atoms with Crippen molar-refractivity contribution in [3.8, 4) is 6.07 Å². The van der Waals surface area contributed by atoms with Crippen molar-refractivity contribution in [3.05, 3.63) is 59.3 Å². The van der Waals surface area contributed by atoms with Crippen LogP contribution in [0.3, 0.4) is 0 Å². The number of phosphoric ester groups is 1. The monoisotopic (exact) mass is 846 g/mol. The number of nitrogens with one attached hydrogen (secondary N) is 1. The lowest BCUT2D eigenvalue weighted by Gasteiger charge is -2.31. The number of ether oxygens (including phenoxy) is 3. The first-order valence-electron chi connectivity index (χ1n) is 21.4. The van der Waals surface area contributed by atoms with Gasteiger partial charge in [-0.05, 0) is 37.7 Å². The molecule has 0 radical (unpaired) electrons. The molecule has 2 aromatic heterocycles. The van der Waals surface area contributed by atoms with E-state index in [2.05, 4.69) is 22.3 Å². The van der Waals surface area contributed by atoms with E-state index < -0.39 is 56.0 Å². The van der Waals surface area contributed by atoms with Gasteiger partial charge >= 0.3 is 7.82 Å². The van der Waals surface area contributed by atoms with Gasteiger partial charge in [-0.25, -0.2) is 18.5 Å². The van der Waals surface area contributed by atoms with Crippen LogP contribution in [-0.4, -0.2) is 86.6 Å². The number of nitrogen functional groups attached to an aromatic ring is 1. The number of benzene rings is 1. The van der Waals surface area contributed by atoms with Crippen LogP contribution in [0.15, 0.2) is 36.7 Å². The summed E-state index contributed by atoms with van der Waals surface area (Å²) in [4.78, 5) is 14.8. The number of rotatable bonds is 29. The van der Waals surface area contributed by atoms with E-state index in [0.29, 0.717) is 17.8 Å². The predicted octanol–water partition coefficient (Wildman–Crippen LogP) is 6.95. The van der Waals surface area contributed by atoms with Crippen LogP contribution in [0.2, 0.25) is 0 Å². The molecule has 1 saturated carbocycles. The molecular formula is C42H64FN6O9P. The Morgan fingerprint density at radius 3 is 2.25 bits per heavy atom. The van der Waals surface area contributed by atoms with Crippen molar-refractivity contribution in [3.63, 3.8) is 0 Å². The molecule has 59 heavy (non-hydrogen) atoms. The van der Waals surface area contributed by atoms with Crippen LogP contribution in [0.25, 0.3) is 5.52 Å². The van der Waals surface area contributed by atoms with E-state index >= 15 is 0 Å². The van der Waals surface area contributed by atoms with Crippen molar-refractivity contribution < 1.29 is 47.3 Å². The third-order valence-electron chi connectivity index (χ3n) is 11.5. The molecule has 7 atom stereocenters. The molecule has 1 aliphatic carbocycles. The zero-order valence-corrected chi connectivity index (χ0v) is 35.5. The van der Waals surface area contributed by atoms with E-state index in [-0.39, 0.29) is 36.6 Å². The third kappa shape index (κ3) is 12.5. The summed E-state index contributed by atoms with van der Waals surface area (Å²) in [5.74, 6) is -0.423. The minimum Gasteiger partial charge on any atom is -0.387 e. The number of unbranched alkanes of at least 4 members (excludes halogenated alkanes) is 15. The Labute approximate surface area is 347 Å². The summed E-state index contributed by atoms with van der Waals surface area (Å²) < 4.78 is 58.3. The molecule has 2 aliphatic rings. The summed E-state index contributed by atoms with van der Waals surface area (Å²) in [7, 11) is -3.26. The molecule has 1 aromatic carbocycles. The number of anilines is 1. The van der Waals surface area contributed by atoms with Gasteiger partial charge in [0.25, 0.3) is 0 Å². The number of hydrogen-bond donors (Lipinski definition) is 5. The maximum atomic E-state index is 14.6. The number of aromatic nitrogens is 3. The van der Waals surface area contributed by atoms with Gasteiger partial charge in [-0.15, -0.1) is 0 Å². The van der Waals surface area contributed by atoms with Gasteiger partial charge < -0.3 is 35.1 Å². The number of nitrogens with two attached hydrogens (primary N) is 1. The van der Waals surface area contributed by atoms with E-state index in [0.717, 1.165) is 25.3 Å². The number of likely N-dealkylation sites (N-methyl/N-ethyl adjacent to an activating group) is 1. The van der Waals surface area contributed by atoms with Crippen LogP contribution < -0.4 is 11.1 Å². The minimum absolute atomic E-state index is 0.00203. The lowest BCUT2D eigenvalue weighted by molar-refractivity contribution is -0.128. The summed E-state index contributed by atoms with van der Waals surface area (Å²) in [5.41, 5.74) is 3.89. The molecule has 5 rings (SSSR count). The summed E-state index contributed by atoms with van der Waals surface area (Å²) in [6.07, 6.45) is 16.3. The standard InChI is InChI=1S/C42H64FN6O9P/c1-3-4-5-6-7-8-9-10-11-12-13-14-15-16-17-18-23-54-28-33(55-27-32-20-19-31(26-44)24-34(32)43)29-56-59(52,53)57-37-25-41(37)38(50)39(51)42(46-2,58-41)36-22-21-35-40(45)47-30-48-49(35)36/h19-22,24,30,33,37-39,46,50-51H,3-18,23,25,27-29H2,1-2H3,(H,52,53)(H2,45,47,48)/t33-,37+,38+,39-,41+,42+/m1/s1. The average Bonchev–Trinajstić information content (AvgIpc) is 3.60. The van der Waals surface area contributed by atoms with Crippen LogP contribution in [0.4, 0.5) is 10.2 Å². The van der Waals surface area contributed by atoms with Crippen molar-refractivity contribution in [2.45, 2.75) is 158 Å². The molecule has 1 spiro atoms. The SMILES string of the molecule is CCCCCCCCCCCCCCCCCCOC[C@H](COP(=O)(O)O[C@H]1C[C@]12O[C@@](NC)(c1ccc3c(N)ncnn13)[C@H](O)[C@@H]2O)OCc1ccc(C#N)cc1F. The van der Waals surface area contributed by atoms with Crippen LogP contribution in [0.5, 0.6) is 0 Å².